The van der Waals surface area contributed by atoms with Gasteiger partial charge in [-0.1, -0.05) is 60.7 Å². The lowest BCUT2D eigenvalue weighted by atomic mass is 10.0. The molecule has 0 aliphatic carbocycles. The second kappa shape index (κ2) is 9.33. The van der Waals surface area contributed by atoms with E-state index >= 15 is 0 Å². The van der Waals surface area contributed by atoms with E-state index < -0.39 is 5.91 Å². The zero-order valence-corrected chi connectivity index (χ0v) is 16.9. The summed E-state index contributed by atoms with van der Waals surface area (Å²) in [4.78, 5) is 25.9. The zero-order chi connectivity index (χ0) is 20.8. The van der Waals surface area contributed by atoms with Crippen molar-refractivity contribution in [3.63, 3.8) is 0 Å². The summed E-state index contributed by atoms with van der Waals surface area (Å²) in [6, 6.07) is 25.4. The lowest BCUT2D eigenvalue weighted by Gasteiger charge is -2.09. The third-order valence-electron chi connectivity index (χ3n) is 4.64. The van der Waals surface area contributed by atoms with Crippen LogP contribution in [0.4, 0.5) is 0 Å². The number of carbonyl (C=O) groups is 2. The van der Waals surface area contributed by atoms with Gasteiger partial charge < -0.3 is 4.42 Å². The maximum Gasteiger partial charge on any atom is 0.305 e. The van der Waals surface area contributed by atoms with Crippen molar-refractivity contribution >= 4 is 34.3 Å². The Balaban J connectivity index is 1.34. The van der Waals surface area contributed by atoms with Crippen LogP contribution >= 0.6 is 11.8 Å². The topological polar surface area (TPSA) is 71.3 Å². The Morgan fingerprint density at radius 2 is 1.57 bits per heavy atom. The fourth-order valence-corrected chi connectivity index (χ4v) is 4.07. The predicted octanol–water partition coefficient (Wildman–Crippen LogP) is 4.73. The summed E-state index contributed by atoms with van der Waals surface area (Å²) in [6.45, 7) is 0. The van der Waals surface area contributed by atoms with Gasteiger partial charge in [-0.2, -0.15) is 0 Å². The first kappa shape index (κ1) is 19.8. The lowest BCUT2D eigenvalue weighted by molar-refractivity contribution is -0.121. The fraction of sp³-hybridized carbons (Fsp3) is 0.0833. The van der Waals surface area contributed by atoms with Gasteiger partial charge in [0.1, 0.15) is 0 Å². The Morgan fingerprint density at radius 3 is 2.43 bits per heavy atom. The van der Waals surface area contributed by atoms with Gasteiger partial charge in [-0.05, 0) is 34.5 Å². The number of thioether (sulfide) groups is 1. The van der Waals surface area contributed by atoms with E-state index in [-0.39, 0.29) is 18.1 Å². The highest BCUT2D eigenvalue weighted by Crippen LogP contribution is 2.24. The standard InChI is InChI=1S/C24H20N2O3S/c27-22(15-18-9-6-8-17-7-4-5-12-21(17)18)25-26-24(28)23-19(13-14-29-23)16-30-20-10-2-1-3-11-20/h1-14H,15-16H2,(H,25,27)(H,26,28). The first-order chi connectivity index (χ1) is 14.7. The number of hydrogen-bond donors (Lipinski definition) is 2. The van der Waals surface area contributed by atoms with Crippen LogP contribution in [-0.4, -0.2) is 11.8 Å². The third kappa shape index (κ3) is 4.72. The van der Waals surface area contributed by atoms with E-state index in [2.05, 4.69) is 10.9 Å². The summed E-state index contributed by atoms with van der Waals surface area (Å²) >= 11 is 1.61. The summed E-state index contributed by atoms with van der Waals surface area (Å²) < 4.78 is 5.35. The normalized spacial score (nSPS) is 10.7. The molecule has 0 saturated heterocycles. The van der Waals surface area contributed by atoms with Gasteiger partial charge in [0.2, 0.25) is 5.91 Å². The molecule has 4 rings (SSSR count). The maximum atomic E-state index is 12.5. The third-order valence-corrected chi connectivity index (χ3v) is 5.70. The van der Waals surface area contributed by atoms with Crippen LogP contribution in [0.3, 0.4) is 0 Å². The van der Waals surface area contributed by atoms with Crippen molar-refractivity contribution in [3.05, 3.63) is 102 Å². The summed E-state index contributed by atoms with van der Waals surface area (Å²) in [5, 5.41) is 2.09. The van der Waals surface area contributed by atoms with E-state index in [0.29, 0.717) is 5.75 Å². The Kier molecular flexibility index (Phi) is 6.15. The molecule has 2 N–H and O–H groups in total. The molecule has 0 aliphatic rings. The minimum atomic E-state index is -0.477. The highest BCUT2D eigenvalue weighted by Gasteiger charge is 2.16. The molecule has 0 radical (unpaired) electrons. The minimum Gasteiger partial charge on any atom is -0.459 e. The van der Waals surface area contributed by atoms with Crippen LogP contribution in [0, 0.1) is 0 Å². The Labute approximate surface area is 178 Å². The van der Waals surface area contributed by atoms with Gasteiger partial charge in [-0.25, -0.2) is 0 Å². The molecule has 4 aromatic rings. The molecule has 0 aliphatic heterocycles. The van der Waals surface area contributed by atoms with Crippen molar-refractivity contribution in [1.82, 2.24) is 10.9 Å². The van der Waals surface area contributed by atoms with Crippen molar-refractivity contribution in [2.24, 2.45) is 0 Å². The van der Waals surface area contributed by atoms with E-state index in [0.717, 1.165) is 26.8 Å². The molecule has 6 heteroatoms. The van der Waals surface area contributed by atoms with Crippen LogP contribution in [0.25, 0.3) is 10.8 Å². The molecule has 1 heterocycles. The molecule has 30 heavy (non-hydrogen) atoms. The second-order valence-corrected chi connectivity index (χ2v) is 7.74. The Bertz CT molecular complexity index is 1170. The fourth-order valence-electron chi connectivity index (χ4n) is 3.17. The molecular weight excluding hydrogens is 396 g/mol. The van der Waals surface area contributed by atoms with Gasteiger partial charge >= 0.3 is 5.91 Å². The predicted molar refractivity (Wildman–Crippen MR) is 118 cm³/mol. The molecule has 2 amide bonds. The Morgan fingerprint density at radius 1 is 0.800 bits per heavy atom. The maximum absolute atomic E-state index is 12.5. The molecule has 0 saturated carbocycles. The molecule has 5 nitrogen and oxygen atoms in total. The lowest BCUT2D eigenvalue weighted by Crippen LogP contribution is -2.42. The number of amides is 2. The largest absolute Gasteiger partial charge is 0.459 e. The first-order valence-electron chi connectivity index (χ1n) is 9.51. The van der Waals surface area contributed by atoms with Crippen LogP contribution in [0.1, 0.15) is 21.7 Å². The molecule has 0 bridgehead atoms. The van der Waals surface area contributed by atoms with E-state index in [9.17, 15) is 9.59 Å². The number of hydrogen-bond acceptors (Lipinski definition) is 4. The zero-order valence-electron chi connectivity index (χ0n) is 16.1. The van der Waals surface area contributed by atoms with Gasteiger partial charge in [0.05, 0.1) is 12.7 Å². The molecule has 0 atom stereocenters. The first-order valence-corrected chi connectivity index (χ1v) is 10.5. The van der Waals surface area contributed by atoms with Crippen molar-refractivity contribution in [2.75, 3.05) is 0 Å². The van der Waals surface area contributed by atoms with E-state index in [1.54, 1.807) is 17.8 Å². The molecule has 3 aromatic carbocycles. The smallest absolute Gasteiger partial charge is 0.305 e. The van der Waals surface area contributed by atoms with Crippen LogP contribution in [0.2, 0.25) is 0 Å². The average Bonchev–Trinajstić information content (AvgIpc) is 3.26. The number of rotatable bonds is 6. The van der Waals surface area contributed by atoms with Gasteiger partial charge in [0, 0.05) is 16.2 Å². The van der Waals surface area contributed by atoms with E-state index in [1.165, 1.54) is 6.26 Å². The van der Waals surface area contributed by atoms with E-state index in [4.69, 9.17) is 4.42 Å². The van der Waals surface area contributed by atoms with Crippen LogP contribution in [-0.2, 0) is 17.0 Å². The van der Waals surface area contributed by atoms with Crippen molar-refractivity contribution < 1.29 is 14.0 Å². The molecule has 0 fully saturated rings. The average molecular weight is 417 g/mol. The van der Waals surface area contributed by atoms with Crippen LogP contribution in [0.15, 0.2) is 94.4 Å². The summed E-state index contributed by atoms with van der Waals surface area (Å²) in [7, 11) is 0. The molecular formula is C24H20N2O3S. The Hall–Kier alpha value is -3.51. The number of hydrazine groups is 1. The molecule has 0 spiro atoms. The molecule has 1 aromatic heterocycles. The number of furan rings is 1. The molecule has 0 unspecified atom stereocenters. The van der Waals surface area contributed by atoms with Crippen LogP contribution < -0.4 is 10.9 Å². The highest BCUT2D eigenvalue weighted by molar-refractivity contribution is 7.98. The van der Waals surface area contributed by atoms with Crippen molar-refractivity contribution in [2.45, 2.75) is 17.1 Å². The number of benzene rings is 3. The second-order valence-electron chi connectivity index (χ2n) is 6.69. The van der Waals surface area contributed by atoms with Gasteiger partial charge in [0.15, 0.2) is 5.76 Å². The van der Waals surface area contributed by atoms with Crippen molar-refractivity contribution in [3.8, 4) is 0 Å². The number of fused-ring (bicyclic) bond motifs is 1. The summed E-state index contributed by atoms with van der Waals surface area (Å²) in [6.07, 6.45) is 1.64. The number of nitrogens with one attached hydrogen (secondary N) is 2. The SMILES string of the molecule is O=C(Cc1cccc2ccccc12)NNC(=O)c1occc1CSc1ccccc1. The minimum absolute atomic E-state index is 0.163. The quantitative estimate of drug-likeness (QED) is 0.352. The number of carbonyl (C=O) groups excluding carboxylic acids is 2. The monoisotopic (exact) mass is 416 g/mol. The van der Waals surface area contributed by atoms with Gasteiger partial charge in [0.25, 0.3) is 0 Å². The molecule has 150 valence electrons. The van der Waals surface area contributed by atoms with Gasteiger partial charge in [-0.15, -0.1) is 11.8 Å². The van der Waals surface area contributed by atoms with Crippen LogP contribution in [0.5, 0.6) is 0 Å². The van der Waals surface area contributed by atoms with Gasteiger partial charge in [-0.3, -0.25) is 20.4 Å². The summed E-state index contributed by atoms with van der Waals surface area (Å²) in [5.74, 6) is 0.0121. The highest BCUT2D eigenvalue weighted by atomic mass is 32.2. The van der Waals surface area contributed by atoms with E-state index in [1.807, 2.05) is 72.8 Å². The summed E-state index contributed by atoms with van der Waals surface area (Å²) in [5.41, 5.74) is 6.60. The van der Waals surface area contributed by atoms with Crippen molar-refractivity contribution in [1.29, 1.82) is 0 Å².